The lowest BCUT2D eigenvalue weighted by molar-refractivity contribution is 0.0696. The fourth-order valence-electron chi connectivity index (χ4n) is 1.38. The van der Waals surface area contributed by atoms with Crippen molar-refractivity contribution in [3.8, 4) is 17.7 Å². The molecule has 0 aliphatic heterocycles. The second-order valence-corrected chi connectivity index (χ2v) is 3.66. The number of hydrogen-bond donors (Lipinski definition) is 2. The van der Waals surface area contributed by atoms with Crippen molar-refractivity contribution in [2.75, 3.05) is 5.73 Å². The first-order valence-corrected chi connectivity index (χ1v) is 5.27. The van der Waals surface area contributed by atoms with E-state index in [0.717, 1.165) is 6.20 Å². The molecule has 0 atom stereocenters. The van der Waals surface area contributed by atoms with Crippen LogP contribution in [0.3, 0.4) is 0 Å². The first-order valence-electron chi connectivity index (χ1n) is 5.27. The molecule has 1 aromatic heterocycles. The quantitative estimate of drug-likeness (QED) is 0.868. The molecular weight excluding hydrogens is 246 g/mol. The van der Waals surface area contributed by atoms with E-state index in [9.17, 15) is 4.79 Å². The van der Waals surface area contributed by atoms with E-state index in [1.54, 1.807) is 24.3 Å². The van der Waals surface area contributed by atoms with Gasteiger partial charge in [-0.05, 0) is 30.3 Å². The highest BCUT2D eigenvalue weighted by Gasteiger charge is 2.09. The molecule has 0 unspecified atom stereocenters. The number of hydrogen-bond acceptors (Lipinski definition) is 5. The lowest BCUT2D eigenvalue weighted by Gasteiger charge is -2.07. The highest BCUT2D eigenvalue weighted by atomic mass is 16.5. The van der Waals surface area contributed by atoms with Gasteiger partial charge in [-0.25, -0.2) is 9.78 Å². The van der Waals surface area contributed by atoms with Gasteiger partial charge in [0.1, 0.15) is 5.75 Å². The molecule has 0 amide bonds. The monoisotopic (exact) mass is 255 g/mol. The third kappa shape index (κ3) is 2.79. The molecule has 3 N–H and O–H groups in total. The predicted molar refractivity (Wildman–Crippen MR) is 66.8 cm³/mol. The van der Waals surface area contributed by atoms with Gasteiger partial charge in [-0.15, -0.1) is 0 Å². The van der Waals surface area contributed by atoms with Gasteiger partial charge in [0.25, 0.3) is 0 Å². The van der Waals surface area contributed by atoms with E-state index < -0.39 is 5.97 Å². The molecule has 0 aliphatic carbocycles. The number of carbonyl (C=O) groups is 1. The molecule has 94 valence electrons. The van der Waals surface area contributed by atoms with Gasteiger partial charge in [0, 0.05) is 6.20 Å². The Balaban J connectivity index is 2.23. The largest absolute Gasteiger partial charge is 0.478 e. The zero-order chi connectivity index (χ0) is 13.8. The molecule has 1 aromatic carbocycles. The van der Waals surface area contributed by atoms with Crippen molar-refractivity contribution in [2.45, 2.75) is 0 Å². The molecule has 0 saturated carbocycles. The van der Waals surface area contributed by atoms with Crippen molar-refractivity contribution >= 4 is 11.7 Å². The minimum absolute atomic E-state index is 0.00956. The molecule has 2 rings (SSSR count). The van der Waals surface area contributed by atoms with E-state index >= 15 is 0 Å². The summed E-state index contributed by atoms with van der Waals surface area (Å²) in [6.45, 7) is 0. The van der Waals surface area contributed by atoms with Crippen LogP contribution in [0.1, 0.15) is 15.9 Å². The van der Waals surface area contributed by atoms with Crippen molar-refractivity contribution < 1.29 is 14.6 Å². The average Bonchev–Trinajstić information content (AvgIpc) is 2.41. The van der Waals surface area contributed by atoms with Crippen molar-refractivity contribution in [1.82, 2.24) is 4.98 Å². The van der Waals surface area contributed by atoms with Crippen LogP contribution in [-0.4, -0.2) is 16.1 Å². The number of nitrogens with zero attached hydrogens (tertiary/aromatic N) is 2. The van der Waals surface area contributed by atoms with Gasteiger partial charge < -0.3 is 15.6 Å². The maximum absolute atomic E-state index is 10.7. The number of nitrogens with two attached hydrogens (primary N) is 1. The SMILES string of the molecule is N#Cc1ccc(Oc2ncc(C(=O)O)cc2N)cc1. The molecule has 0 radical (unpaired) electrons. The molecule has 1 heterocycles. The van der Waals surface area contributed by atoms with Crippen LogP contribution < -0.4 is 10.5 Å². The number of rotatable bonds is 3. The number of carboxylic acid groups (broad SMARTS) is 1. The number of carboxylic acids is 1. The lowest BCUT2D eigenvalue weighted by Crippen LogP contribution is -2.01. The number of pyridine rings is 1. The second kappa shape index (κ2) is 5.06. The van der Waals surface area contributed by atoms with Crippen LogP contribution in [0.15, 0.2) is 36.5 Å². The van der Waals surface area contributed by atoms with E-state index in [-0.39, 0.29) is 17.1 Å². The molecular formula is C13H9N3O3. The summed E-state index contributed by atoms with van der Waals surface area (Å²) in [4.78, 5) is 14.6. The summed E-state index contributed by atoms with van der Waals surface area (Å²) in [5.74, 6) is -0.528. The Morgan fingerprint density at radius 2 is 2.05 bits per heavy atom. The molecule has 6 nitrogen and oxygen atoms in total. The Bertz CT molecular complexity index is 660. The summed E-state index contributed by atoms with van der Waals surface area (Å²) in [5.41, 5.74) is 6.29. The Labute approximate surface area is 108 Å². The summed E-state index contributed by atoms with van der Waals surface area (Å²) in [6.07, 6.45) is 1.16. The fourth-order valence-corrected chi connectivity index (χ4v) is 1.38. The summed E-state index contributed by atoms with van der Waals surface area (Å²) in [6, 6.07) is 9.65. The Morgan fingerprint density at radius 3 is 2.58 bits per heavy atom. The summed E-state index contributed by atoms with van der Waals surface area (Å²) in [7, 11) is 0. The third-order valence-electron chi connectivity index (χ3n) is 2.32. The number of anilines is 1. The van der Waals surface area contributed by atoms with Crippen LogP contribution in [-0.2, 0) is 0 Å². The van der Waals surface area contributed by atoms with Crippen LogP contribution in [0.4, 0.5) is 5.69 Å². The van der Waals surface area contributed by atoms with Gasteiger partial charge in [0.15, 0.2) is 0 Å². The maximum atomic E-state index is 10.7. The number of nitriles is 1. The summed E-state index contributed by atoms with van der Waals surface area (Å²) in [5, 5.41) is 17.4. The van der Waals surface area contributed by atoms with E-state index in [1.165, 1.54) is 6.07 Å². The van der Waals surface area contributed by atoms with E-state index in [0.29, 0.717) is 11.3 Å². The van der Waals surface area contributed by atoms with Crippen molar-refractivity contribution in [2.24, 2.45) is 0 Å². The van der Waals surface area contributed by atoms with E-state index in [2.05, 4.69) is 4.98 Å². The molecule has 0 saturated heterocycles. The smallest absolute Gasteiger partial charge is 0.337 e. The summed E-state index contributed by atoms with van der Waals surface area (Å²) < 4.78 is 5.40. The lowest BCUT2D eigenvalue weighted by atomic mass is 10.2. The molecule has 2 aromatic rings. The maximum Gasteiger partial charge on any atom is 0.337 e. The second-order valence-electron chi connectivity index (χ2n) is 3.66. The standard InChI is InChI=1S/C13H9N3O3/c14-6-8-1-3-10(4-2-8)19-12-11(15)5-9(7-16-12)13(17)18/h1-5,7H,15H2,(H,17,18). The normalized spacial score (nSPS) is 9.63. The predicted octanol–water partition coefficient (Wildman–Crippen LogP) is 2.03. The third-order valence-corrected chi connectivity index (χ3v) is 2.32. The molecule has 0 aliphatic rings. The topological polar surface area (TPSA) is 109 Å². The first kappa shape index (κ1) is 12.4. The molecule has 19 heavy (non-hydrogen) atoms. The van der Waals surface area contributed by atoms with Gasteiger partial charge in [0.2, 0.25) is 5.88 Å². The van der Waals surface area contributed by atoms with Crippen LogP contribution in [0.5, 0.6) is 11.6 Å². The fraction of sp³-hybridized carbons (Fsp3) is 0. The van der Waals surface area contributed by atoms with Gasteiger partial charge in [-0.3, -0.25) is 0 Å². The van der Waals surface area contributed by atoms with Gasteiger partial charge in [-0.2, -0.15) is 5.26 Å². The number of aromatic carboxylic acids is 1. The van der Waals surface area contributed by atoms with Crippen molar-refractivity contribution in [1.29, 1.82) is 5.26 Å². The zero-order valence-electron chi connectivity index (χ0n) is 9.70. The highest BCUT2D eigenvalue weighted by Crippen LogP contribution is 2.25. The highest BCUT2D eigenvalue weighted by molar-refractivity contribution is 5.88. The number of nitrogen functional groups attached to an aromatic ring is 1. The molecule has 6 heteroatoms. The van der Waals surface area contributed by atoms with Crippen molar-refractivity contribution in [3.05, 3.63) is 47.7 Å². The Hall–Kier alpha value is -3.07. The number of aromatic nitrogens is 1. The van der Waals surface area contributed by atoms with E-state index in [4.69, 9.17) is 20.8 Å². The molecule has 0 bridgehead atoms. The number of benzene rings is 1. The van der Waals surface area contributed by atoms with Gasteiger partial charge in [0.05, 0.1) is 22.9 Å². The van der Waals surface area contributed by atoms with Crippen LogP contribution in [0.2, 0.25) is 0 Å². The van der Waals surface area contributed by atoms with Crippen LogP contribution >= 0.6 is 0 Å². The number of ether oxygens (including phenoxy) is 1. The summed E-state index contributed by atoms with van der Waals surface area (Å²) >= 11 is 0. The molecule has 0 fully saturated rings. The van der Waals surface area contributed by atoms with E-state index in [1.807, 2.05) is 6.07 Å². The molecule has 0 spiro atoms. The van der Waals surface area contributed by atoms with Crippen LogP contribution in [0.25, 0.3) is 0 Å². The Kier molecular flexibility index (Phi) is 3.30. The van der Waals surface area contributed by atoms with Crippen LogP contribution in [0, 0.1) is 11.3 Å². The first-order chi connectivity index (χ1) is 9.10. The Morgan fingerprint density at radius 1 is 1.37 bits per heavy atom. The minimum atomic E-state index is -1.11. The van der Waals surface area contributed by atoms with Gasteiger partial charge >= 0.3 is 5.97 Å². The average molecular weight is 255 g/mol. The van der Waals surface area contributed by atoms with Crippen molar-refractivity contribution in [3.63, 3.8) is 0 Å². The van der Waals surface area contributed by atoms with Gasteiger partial charge in [-0.1, -0.05) is 0 Å². The zero-order valence-corrected chi connectivity index (χ0v) is 9.70. The minimum Gasteiger partial charge on any atom is -0.478 e.